The second-order valence-electron chi connectivity index (χ2n) is 4.44. The molecule has 0 aliphatic carbocycles. The molecule has 6 N–H and O–H groups in total. The van der Waals surface area contributed by atoms with Crippen LogP contribution in [0.3, 0.4) is 0 Å². The van der Waals surface area contributed by atoms with Crippen molar-refractivity contribution in [2.75, 3.05) is 6.61 Å². The first-order valence-electron chi connectivity index (χ1n) is 5.93. The summed E-state index contributed by atoms with van der Waals surface area (Å²) in [6, 6.07) is 3.88. The zero-order chi connectivity index (χ0) is 14.9. The van der Waals surface area contributed by atoms with E-state index in [1.54, 1.807) is 0 Å². The SMILES string of the molecule is OC[C@H]1O[C@@H](Oc2c(O)cccc2O)[C@H](O)[C@@H](O)[C@@H]1O. The topological polar surface area (TPSA) is 140 Å². The van der Waals surface area contributed by atoms with Crippen LogP contribution in [0.25, 0.3) is 0 Å². The first-order chi connectivity index (χ1) is 9.45. The van der Waals surface area contributed by atoms with Crippen molar-refractivity contribution in [1.82, 2.24) is 0 Å². The van der Waals surface area contributed by atoms with E-state index >= 15 is 0 Å². The molecule has 1 aliphatic rings. The first-order valence-corrected chi connectivity index (χ1v) is 5.93. The first kappa shape index (κ1) is 14.8. The highest BCUT2D eigenvalue weighted by Gasteiger charge is 2.45. The molecule has 1 fully saturated rings. The van der Waals surface area contributed by atoms with E-state index in [0.29, 0.717) is 0 Å². The van der Waals surface area contributed by atoms with Crippen molar-refractivity contribution in [3.05, 3.63) is 18.2 Å². The molecule has 8 heteroatoms. The van der Waals surface area contributed by atoms with Gasteiger partial charge in [-0.3, -0.25) is 0 Å². The van der Waals surface area contributed by atoms with E-state index in [2.05, 4.69) is 0 Å². The lowest BCUT2D eigenvalue weighted by atomic mass is 9.99. The van der Waals surface area contributed by atoms with E-state index in [1.165, 1.54) is 18.2 Å². The Hall–Kier alpha value is -1.58. The number of para-hydroxylation sites is 1. The van der Waals surface area contributed by atoms with Crippen LogP contribution in [0.4, 0.5) is 0 Å². The summed E-state index contributed by atoms with van der Waals surface area (Å²) in [6.07, 6.45) is -7.32. The monoisotopic (exact) mass is 288 g/mol. The third-order valence-corrected chi connectivity index (χ3v) is 3.06. The fraction of sp³-hybridized carbons (Fsp3) is 0.500. The number of rotatable bonds is 3. The smallest absolute Gasteiger partial charge is 0.229 e. The summed E-state index contributed by atoms with van der Waals surface area (Å²) >= 11 is 0. The average Bonchev–Trinajstić information content (AvgIpc) is 2.43. The molecule has 1 aliphatic heterocycles. The Kier molecular flexibility index (Phi) is 4.31. The molecule has 0 saturated carbocycles. The van der Waals surface area contributed by atoms with Crippen LogP contribution in [0.1, 0.15) is 0 Å². The largest absolute Gasteiger partial charge is 0.504 e. The molecule has 1 aromatic carbocycles. The Morgan fingerprint density at radius 1 is 1.00 bits per heavy atom. The summed E-state index contributed by atoms with van der Waals surface area (Å²) in [5.41, 5.74) is 0. The minimum absolute atomic E-state index is 0.336. The molecule has 112 valence electrons. The predicted molar refractivity (Wildman–Crippen MR) is 64.2 cm³/mol. The van der Waals surface area contributed by atoms with Gasteiger partial charge in [0.1, 0.15) is 24.4 Å². The van der Waals surface area contributed by atoms with Crippen molar-refractivity contribution >= 4 is 0 Å². The van der Waals surface area contributed by atoms with Gasteiger partial charge in [0.05, 0.1) is 6.61 Å². The molecule has 5 atom stereocenters. The molecule has 20 heavy (non-hydrogen) atoms. The molecule has 1 heterocycles. The number of aliphatic hydroxyl groups is 4. The van der Waals surface area contributed by atoms with Gasteiger partial charge in [0.15, 0.2) is 11.5 Å². The van der Waals surface area contributed by atoms with Gasteiger partial charge < -0.3 is 40.1 Å². The van der Waals surface area contributed by atoms with Gasteiger partial charge in [0, 0.05) is 0 Å². The van der Waals surface area contributed by atoms with Crippen molar-refractivity contribution in [3.8, 4) is 17.2 Å². The zero-order valence-electron chi connectivity index (χ0n) is 10.3. The Morgan fingerprint density at radius 3 is 2.15 bits per heavy atom. The maximum absolute atomic E-state index is 9.76. The van der Waals surface area contributed by atoms with Crippen molar-refractivity contribution in [2.45, 2.75) is 30.7 Å². The molecule has 1 aromatic rings. The molecule has 0 bridgehead atoms. The Morgan fingerprint density at radius 2 is 1.60 bits per heavy atom. The third kappa shape index (κ3) is 2.65. The summed E-state index contributed by atoms with van der Waals surface area (Å²) < 4.78 is 10.2. The average molecular weight is 288 g/mol. The highest BCUT2D eigenvalue weighted by molar-refractivity contribution is 5.49. The van der Waals surface area contributed by atoms with Crippen molar-refractivity contribution in [3.63, 3.8) is 0 Å². The van der Waals surface area contributed by atoms with Gasteiger partial charge in [-0.2, -0.15) is 0 Å². The predicted octanol–water partition coefficient (Wildman–Crippen LogP) is -1.72. The van der Waals surface area contributed by atoms with Gasteiger partial charge in [-0.05, 0) is 12.1 Å². The van der Waals surface area contributed by atoms with E-state index in [0.717, 1.165) is 0 Å². The fourth-order valence-electron chi connectivity index (χ4n) is 1.91. The lowest BCUT2D eigenvalue weighted by molar-refractivity contribution is -0.277. The highest BCUT2D eigenvalue weighted by Crippen LogP contribution is 2.37. The van der Waals surface area contributed by atoms with E-state index in [-0.39, 0.29) is 17.2 Å². The van der Waals surface area contributed by atoms with Crippen LogP contribution in [0, 0.1) is 0 Å². The van der Waals surface area contributed by atoms with Gasteiger partial charge in [0.2, 0.25) is 12.0 Å². The normalized spacial score (nSPS) is 33.9. The Balaban J connectivity index is 2.20. The van der Waals surface area contributed by atoms with E-state index in [4.69, 9.17) is 14.6 Å². The van der Waals surface area contributed by atoms with Crippen molar-refractivity contribution < 1.29 is 40.1 Å². The molecule has 0 unspecified atom stereocenters. The number of phenolic OH excluding ortho intramolecular Hbond substituents is 2. The van der Waals surface area contributed by atoms with Crippen LogP contribution in [-0.2, 0) is 4.74 Å². The number of aromatic hydroxyl groups is 2. The molecule has 8 nitrogen and oxygen atoms in total. The Labute approximate surface area is 114 Å². The zero-order valence-corrected chi connectivity index (χ0v) is 10.3. The summed E-state index contributed by atoms with van der Waals surface area (Å²) in [7, 11) is 0. The Bertz CT molecular complexity index is 443. The number of hydrogen-bond acceptors (Lipinski definition) is 8. The van der Waals surface area contributed by atoms with Crippen molar-refractivity contribution in [1.29, 1.82) is 0 Å². The van der Waals surface area contributed by atoms with Crippen LogP contribution in [-0.4, -0.2) is 68.0 Å². The van der Waals surface area contributed by atoms with Crippen molar-refractivity contribution in [2.24, 2.45) is 0 Å². The second-order valence-corrected chi connectivity index (χ2v) is 4.44. The molecule has 1 saturated heterocycles. The summed E-state index contributed by atoms with van der Waals surface area (Å²) in [5.74, 6) is -1.11. The van der Waals surface area contributed by atoms with Gasteiger partial charge in [0.25, 0.3) is 0 Å². The van der Waals surface area contributed by atoms with Crippen LogP contribution in [0.15, 0.2) is 18.2 Å². The van der Waals surface area contributed by atoms with Gasteiger partial charge >= 0.3 is 0 Å². The van der Waals surface area contributed by atoms with Crippen LogP contribution in [0.5, 0.6) is 17.2 Å². The fourth-order valence-corrected chi connectivity index (χ4v) is 1.91. The molecule has 0 radical (unpaired) electrons. The van der Waals surface area contributed by atoms with E-state index in [1.807, 2.05) is 0 Å². The lowest BCUT2D eigenvalue weighted by Crippen LogP contribution is -2.60. The molecule has 0 aromatic heterocycles. The lowest BCUT2D eigenvalue weighted by Gasteiger charge is -2.39. The summed E-state index contributed by atoms with van der Waals surface area (Å²) in [6.45, 7) is -0.600. The maximum Gasteiger partial charge on any atom is 0.229 e. The quantitative estimate of drug-likeness (QED) is 0.386. The van der Waals surface area contributed by atoms with Gasteiger partial charge in [-0.25, -0.2) is 0 Å². The molecular weight excluding hydrogens is 272 g/mol. The number of hydrogen-bond donors (Lipinski definition) is 6. The number of ether oxygens (including phenoxy) is 2. The summed E-state index contributed by atoms with van der Waals surface area (Å²) in [5, 5.41) is 57.1. The minimum Gasteiger partial charge on any atom is -0.504 e. The van der Waals surface area contributed by atoms with Crippen LogP contribution < -0.4 is 4.74 Å². The third-order valence-electron chi connectivity index (χ3n) is 3.06. The number of phenols is 2. The van der Waals surface area contributed by atoms with E-state index < -0.39 is 37.3 Å². The standard InChI is InChI=1S/C12H16O8/c13-4-7-8(16)9(17)10(18)12(19-7)20-11-5(14)2-1-3-6(11)15/h1-3,7-10,12-18H,4H2/t7-,8-,9+,10-,12+/m1/s1. The molecular formula is C12H16O8. The maximum atomic E-state index is 9.76. The number of benzene rings is 1. The van der Waals surface area contributed by atoms with Gasteiger partial charge in [-0.15, -0.1) is 0 Å². The van der Waals surface area contributed by atoms with E-state index in [9.17, 15) is 25.5 Å². The second kappa shape index (κ2) is 5.81. The highest BCUT2D eigenvalue weighted by atomic mass is 16.7. The number of aliphatic hydroxyl groups excluding tert-OH is 4. The molecule has 0 amide bonds. The van der Waals surface area contributed by atoms with Crippen LogP contribution >= 0.6 is 0 Å². The molecule has 0 spiro atoms. The van der Waals surface area contributed by atoms with Crippen LogP contribution in [0.2, 0.25) is 0 Å². The molecule has 2 rings (SSSR count). The van der Waals surface area contributed by atoms with Gasteiger partial charge in [-0.1, -0.05) is 6.07 Å². The minimum atomic E-state index is -1.62. The summed E-state index contributed by atoms with van der Waals surface area (Å²) in [4.78, 5) is 0.